The van der Waals surface area contributed by atoms with E-state index < -0.39 is 23.0 Å². The van der Waals surface area contributed by atoms with Crippen molar-refractivity contribution >= 4 is 17.5 Å². The number of nitrogens with one attached hydrogen (secondary N) is 1. The van der Waals surface area contributed by atoms with Crippen LogP contribution in [-0.2, 0) is 9.59 Å². The summed E-state index contributed by atoms with van der Waals surface area (Å²) in [6, 6.07) is 12.5. The standard InChI is InChI=1S/C24H29N3O6/c1-3-4-13-26-22(29)14-20(23(26)17-7-11-19(33-2)12-8-17)24(30)25-15-21(28)16-5-9-18(10-6-16)27(31)32/h5-12,20-21,23,28H,3-4,13-15H2,1-2H3,(H,25,30). The monoisotopic (exact) mass is 455 g/mol. The molecule has 1 aliphatic rings. The zero-order chi connectivity index (χ0) is 24.0. The normalized spacial score (nSPS) is 18.8. The molecular weight excluding hydrogens is 426 g/mol. The third-order valence-electron chi connectivity index (χ3n) is 5.94. The average molecular weight is 456 g/mol. The minimum atomic E-state index is -1.03. The second-order valence-corrected chi connectivity index (χ2v) is 8.08. The Kier molecular flexibility index (Phi) is 8.00. The van der Waals surface area contributed by atoms with Gasteiger partial charge in [0, 0.05) is 31.6 Å². The van der Waals surface area contributed by atoms with Gasteiger partial charge in [-0.1, -0.05) is 25.5 Å². The fraction of sp³-hybridized carbons (Fsp3) is 0.417. The maximum atomic E-state index is 13.1. The molecule has 2 N–H and O–H groups in total. The Labute approximate surface area is 192 Å². The van der Waals surface area contributed by atoms with Crippen LogP contribution in [0.1, 0.15) is 49.5 Å². The number of hydrogen-bond acceptors (Lipinski definition) is 6. The smallest absolute Gasteiger partial charge is 0.269 e. The van der Waals surface area contributed by atoms with Gasteiger partial charge in [0.2, 0.25) is 11.8 Å². The number of aliphatic hydroxyl groups is 1. The lowest BCUT2D eigenvalue weighted by atomic mass is 9.92. The first-order chi connectivity index (χ1) is 15.8. The molecule has 1 aliphatic heterocycles. The van der Waals surface area contributed by atoms with E-state index in [9.17, 15) is 24.8 Å². The molecule has 33 heavy (non-hydrogen) atoms. The highest BCUT2D eigenvalue weighted by Gasteiger charge is 2.44. The van der Waals surface area contributed by atoms with E-state index in [1.54, 1.807) is 12.0 Å². The Morgan fingerprint density at radius 1 is 1.24 bits per heavy atom. The Bertz CT molecular complexity index is 977. The van der Waals surface area contributed by atoms with Crippen LogP contribution in [0.5, 0.6) is 5.75 Å². The van der Waals surface area contributed by atoms with Crippen molar-refractivity contribution in [2.24, 2.45) is 5.92 Å². The molecule has 176 valence electrons. The zero-order valence-electron chi connectivity index (χ0n) is 18.8. The predicted octanol–water partition coefficient (Wildman–Crippen LogP) is 3.14. The molecule has 0 bridgehead atoms. The lowest BCUT2D eigenvalue weighted by molar-refractivity contribution is -0.384. The van der Waals surface area contributed by atoms with Gasteiger partial charge in [0.1, 0.15) is 5.75 Å². The van der Waals surface area contributed by atoms with Gasteiger partial charge in [-0.15, -0.1) is 0 Å². The zero-order valence-corrected chi connectivity index (χ0v) is 18.8. The van der Waals surface area contributed by atoms with Crippen LogP contribution in [0.2, 0.25) is 0 Å². The number of hydrogen-bond donors (Lipinski definition) is 2. The van der Waals surface area contributed by atoms with Crippen molar-refractivity contribution in [1.29, 1.82) is 0 Å². The molecule has 1 fully saturated rings. The van der Waals surface area contributed by atoms with E-state index in [4.69, 9.17) is 4.74 Å². The Morgan fingerprint density at radius 3 is 2.48 bits per heavy atom. The highest BCUT2D eigenvalue weighted by atomic mass is 16.6. The van der Waals surface area contributed by atoms with Gasteiger partial charge in [-0.05, 0) is 41.8 Å². The molecule has 0 radical (unpaired) electrons. The fourth-order valence-electron chi connectivity index (χ4n) is 4.10. The van der Waals surface area contributed by atoms with Crippen LogP contribution >= 0.6 is 0 Å². The second kappa shape index (κ2) is 10.9. The minimum absolute atomic E-state index is 0.0639. The molecule has 9 nitrogen and oxygen atoms in total. The van der Waals surface area contributed by atoms with Crippen molar-refractivity contribution in [3.8, 4) is 5.75 Å². The first-order valence-corrected chi connectivity index (χ1v) is 11.0. The van der Waals surface area contributed by atoms with Crippen LogP contribution in [-0.4, -0.2) is 46.9 Å². The van der Waals surface area contributed by atoms with Crippen LogP contribution in [0.25, 0.3) is 0 Å². The SMILES string of the molecule is CCCCN1C(=O)CC(C(=O)NCC(O)c2ccc([N+](=O)[O-])cc2)C1c1ccc(OC)cc1. The van der Waals surface area contributed by atoms with E-state index in [0.717, 1.165) is 18.4 Å². The summed E-state index contributed by atoms with van der Waals surface area (Å²) in [5, 5.41) is 24.0. The average Bonchev–Trinajstić information content (AvgIpc) is 3.17. The molecule has 2 aromatic rings. The molecular formula is C24H29N3O6. The molecule has 2 amide bonds. The van der Waals surface area contributed by atoms with Gasteiger partial charge in [0.15, 0.2) is 0 Å². The highest BCUT2D eigenvalue weighted by molar-refractivity contribution is 5.90. The first-order valence-electron chi connectivity index (χ1n) is 11.0. The lowest BCUT2D eigenvalue weighted by Gasteiger charge is -2.28. The molecule has 1 saturated heterocycles. The third kappa shape index (κ3) is 5.67. The van der Waals surface area contributed by atoms with E-state index in [1.807, 2.05) is 31.2 Å². The van der Waals surface area contributed by atoms with Crippen molar-refractivity contribution in [1.82, 2.24) is 10.2 Å². The fourth-order valence-corrected chi connectivity index (χ4v) is 4.10. The first kappa shape index (κ1) is 24.2. The molecule has 9 heteroatoms. The van der Waals surface area contributed by atoms with Gasteiger partial charge < -0.3 is 20.1 Å². The number of nitro groups is 1. The van der Waals surface area contributed by atoms with Crippen molar-refractivity contribution in [3.63, 3.8) is 0 Å². The summed E-state index contributed by atoms with van der Waals surface area (Å²) in [6.45, 7) is 2.56. The lowest BCUT2D eigenvalue weighted by Crippen LogP contribution is -2.37. The molecule has 1 heterocycles. The number of non-ortho nitro benzene ring substituents is 1. The Balaban J connectivity index is 1.73. The van der Waals surface area contributed by atoms with E-state index in [0.29, 0.717) is 17.9 Å². The van der Waals surface area contributed by atoms with Gasteiger partial charge in [-0.25, -0.2) is 0 Å². The summed E-state index contributed by atoms with van der Waals surface area (Å²) >= 11 is 0. The minimum Gasteiger partial charge on any atom is -0.497 e. The van der Waals surface area contributed by atoms with Gasteiger partial charge in [0.05, 0.1) is 30.1 Å². The quantitative estimate of drug-likeness (QED) is 0.419. The van der Waals surface area contributed by atoms with E-state index >= 15 is 0 Å². The molecule has 3 unspecified atom stereocenters. The van der Waals surface area contributed by atoms with E-state index in [2.05, 4.69) is 5.32 Å². The second-order valence-electron chi connectivity index (χ2n) is 8.08. The highest BCUT2D eigenvalue weighted by Crippen LogP contribution is 2.39. The summed E-state index contributed by atoms with van der Waals surface area (Å²) in [7, 11) is 1.58. The van der Waals surface area contributed by atoms with Gasteiger partial charge >= 0.3 is 0 Å². The van der Waals surface area contributed by atoms with Gasteiger partial charge in [-0.2, -0.15) is 0 Å². The number of carbonyl (C=O) groups excluding carboxylic acids is 2. The van der Waals surface area contributed by atoms with Crippen LogP contribution in [0, 0.1) is 16.0 Å². The summed E-state index contributed by atoms with van der Waals surface area (Å²) in [6.07, 6.45) is 0.838. The number of ether oxygens (including phenoxy) is 1. The number of nitrogens with zero attached hydrogens (tertiary/aromatic N) is 2. The Morgan fingerprint density at radius 2 is 1.91 bits per heavy atom. The molecule has 0 saturated carbocycles. The molecule has 3 atom stereocenters. The largest absolute Gasteiger partial charge is 0.497 e. The predicted molar refractivity (Wildman–Crippen MR) is 122 cm³/mol. The number of amides is 2. The van der Waals surface area contributed by atoms with Crippen LogP contribution < -0.4 is 10.1 Å². The molecule has 2 aromatic carbocycles. The van der Waals surface area contributed by atoms with Crippen molar-refractivity contribution in [2.75, 3.05) is 20.2 Å². The number of nitro benzene ring substituents is 1. The molecule has 0 aliphatic carbocycles. The molecule has 0 aromatic heterocycles. The summed E-state index contributed by atoms with van der Waals surface area (Å²) in [5.74, 6) is -0.285. The number of methoxy groups -OCH3 is 1. The number of benzene rings is 2. The Hall–Kier alpha value is -3.46. The van der Waals surface area contributed by atoms with Gasteiger partial charge in [-0.3, -0.25) is 19.7 Å². The molecule has 3 rings (SSSR count). The number of rotatable bonds is 10. The summed E-state index contributed by atoms with van der Waals surface area (Å²) in [4.78, 5) is 37.9. The maximum Gasteiger partial charge on any atom is 0.269 e. The summed E-state index contributed by atoms with van der Waals surface area (Å²) < 4.78 is 5.22. The number of aliphatic hydroxyl groups excluding tert-OH is 1. The van der Waals surface area contributed by atoms with Crippen LogP contribution in [0.3, 0.4) is 0 Å². The topological polar surface area (TPSA) is 122 Å². The number of carbonyl (C=O) groups is 2. The van der Waals surface area contributed by atoms with Gasteiger partial charge in [0.25, 0.3) is 5.69 Å². The van der Waals surface area contributed by atoms with E-state index in [-0.39, 0.29) is 30.5 Å². The summed E-state index contributed by atoms with van der Waals surface area (Å²) in [5.41, 5.74) is 1.24. The van der Waals surface area contributed by atoms with Crippen molar-refractivity contribution in [3.05, 3.63) is 69.8 Å². The van der Waals surface area contributed by atoms with Crippen LogP contribution in [0.15, 0.2) is 48.5 Å². The number of unbranched alkanes of at least 4 members (excludes halogenated alkanes) is 1. The van der Waals surface area contributed by atoms with Crippen molar-refractivity contribution in [2.45, 2.75) is 38.3 Å². The maximum absolute atomic E-state index is 13.1. The molecule has 0 spiro atoms. The van der Waals surface area contributed by atoms with Crippen molar-refractivity contribution < 1.29 is 24.4 Å². The third-order valence-corrected chi connectivity index (χ3v) is 5.94. The number of likely N-dealkylation sites (tertiary alicyclic amines) is 1. The van der Waals surface area contributed by atoms with E-state index in [1.165, 1.54) is 24.3 Å². The van der Waals surface area contributed by atoms with Crippen LogP contribution in [0.4, 0.5) is 5.69 Å².